The fraction of sp³-hybridized carbons (Fsp3) is 0.324. The Bertz CT molecular complexity index is 1620. The van der Waals surface area contributed by atoms with Gasteiger partial charge in [0.2, 0.25) is 11.8 Å². The first-order valence-electron chi connectivity index (χ1n) is 15.0. The molecule has 3 aromatic carbocycles. The number of piperidine rings is 1. The van der Waals surface area contributed by atoms with Crippen LogP contribution in [0, 0.1) is 5.92 Å². The van der Waals surface area contributed by atoms with E-state index in [0.717, 1.165) is 27.8 Å². The van der Waals surface area contributed by atoms with Gasteiger partial charge in [-0.05, 0) is 41.2 Å². The minimum absolute atomic E-state index is 0.0238. The minimum atomic E-state index is -1.38. The zero-order valence-electron chi connectivity index (χ0n) is 25.0. The van der Waals surface area contributed by atoms with E-state index in [1.807, 2.05) is 54.6 Å². The molecule has 12 heteroatoms. The number of carboxylic acid groups (broad SMARTS) is 1. The quantitative estimate of drug-likeness (QED) is 0.298. The van der Waals surface area contributed by atoms with E-state index in [9.17, 15) is 29.1 Å². The molecule has 0 saturated carbocycles. The van der Waals surface area contributed by atoms with Gasteiger partial charge in [-0.3, -0.25) is 14.4 Å². The van der Waals surface area contributed by atoms with Gasteiger partial charge in [-0.2, -0.15) is 0 Å². The second-order valence-corrected chi connectivity index (χ2v) is 12.7. The summed E-state index contributed by atoms with van der Waals surface area (Å²) in [6.45, 7) is 1.46. The monoisotopic (exact) mass is 643 g/mol. The largest absolute Gasteiger partial charge is 0.480 e. The number of esters is 1. The number of thioether (sulfide) groups is 1. The van der Waals surface area contributed by atoms with Crippen LogP contribution in [0.3, 0.4) is 0 Å². The maximum absolute atomic E-state index is 13.7. The molecule has 1 aliphatic carbocycles. The fourth-order valence-electron chi connectivity index (χ4n) is 6.31. The number of hydrogen-bond acceptors (Lipinski definition) is 8. The number of carboxylic acids is 1. The Balaban J connectivity index is 1.11. The molecule has 2 aliphatic heterocycles. The molecule has 0 bridgehead atoms. The molecule has 2 heterocycles. The van der Waals surface area contributed by atoms with Crippen LogP contribution in [0.25, 0.3) is 11.1 Å². The number of carbonyl (C=O) groups excluding carboxylic acids is 4. The maximum Gasteiger partial charge on any atom is 0.407 e. The Labute approximate surface area is 269 Å². The summed E-state index contributed by atoms with van der Waals surface area (Å²) in [6.07, 6.45) is -0.715. The predicted octanol–water partition coefficient (Wildman–Crippen LogP) is 3.52. The topological polar surface area (TPSA) is 151 Å². The average molecular weight is 644 g/mol. The molecule has 3 aliphatic rings. The van der Waals surface area contributed by atoms with Crippen LogP contribution in [0.15, 0.2) is 78.9 Å². The Morgan fingerprint density at radius 1 is 0.935 bits per heavy atom. The predicted molar refractivity (Wildman–Crippen MR) is 168 cm³/mol. The molecule has 3 N–H and O–H groups in total. The van der Waals surface area contributed by atoms with Gasteiger partial charge < -0.3 is 30.1 Å². The Kier molecular flexibility index (Phi) is 8.98. The van der Waals surface area contributed by atoms with Gasteiger partial charge in [0.1, 0.15) is 31.3 Å². The normalized spacial score (nSPS) is 22.2. The lowest BCUT2D eigenvalue weighted by Crippen LogP contribution is -2.64. The Hall–Kier alpha value is -4.84. The summed E-state index contributed by atoms with van der Waals surface area (Å²) in [7, 11) is 0. The van der Waals surface area contributed by atoms with E-state index in [1.54, 1.807) is 24.3 Å². The fourth-order valence-corrected chi connectivity index (χ4v) is 7.77. The van der Waals surface area contributed by atoms with Crippen molar-refractivity contribution in [3.8, 4) is 11.1 Å². The van der Waals surface area contributed by atoms with Crippen LogP contribution in [-0.2, 0) is 35.3 Å². The highest BCUT2D eigenvalue weighted by Crippen LogP contribution is 2.44. The SMILES string of the molecule is C[C@H](NC(=O)OCC1c2ccccc2-c2ccccc21)C(=O)NC1C(=O)N2C(CC1C(=O)OCc1ccccc1)SCC2C(=O)O. The Morgan fingerprint density at radius 3 is 2.22 bits per heavy atom. The van der Waals surface area contributed by atoms with Crippen LogP contribution in [0.4, 0.5) is 4.79 Å². The number of alkyl carbamates (subject to hydrolysis) is 1. The molecule has 11 nitrogen and oxygen atoms in total. The van der Waals surface area contributed by atoms with Crippen LogP contribution in [0.2, 0.25) is 0 Å². The second kappa shape index (κ2) is 13.3. The summed E-state index contributed by atoms with van der Waals surface area (Å²) in [5.41, 5.74) is 5.00. The van der Waals surface area contributed by atoms with E-state index in [-0.39, 0.29) is 31.3 Å². The third-order valence-corrected chi connectivity index (χ3v) is 9.96. The van der Waals surface area contributed by atoms with Gasteiger partial charge >= 0.3 is 18.0 Å². The van der Waals surface area contributed by atoms with Crippen molar-refractivity contribution >= 4 is 41.6 Å². The molecular weight excluding hydrogens is 610 g/mol. The van der Waals surface area contributed by atoms with Crippen molar-refractivity contribution in [1.29, 1.82) is 0 Å². The van der Waals surface area contributed by atoms with Gasteiger partial charge in [0.05, 0.1) is 11.3 Å². The van der Waals surface area contributed by atoms with E-state index in [2.05, 4.69) is 10.6 Å². The highest BCUT2D eigenvalue weighted by molar-refractivity contribution is 8.00. The van der Waals surface area contributed by atoms with Crippen molar-refractivity contribution in [3.05, 3.63) is 95.6 Å². The highest BCUT2D eigenvalue weighted by Gasteiger charge is 2.53. The number of rotatable bonds is 9. The first-order chi connectivity index (χ1) is 22.2. The van der Waals surface area contributed by atoms with E-state index < -0.39 is 59.3 Å². The van der Waals surface area contributed by atoms with Crippen molar-refractivity contribution in [2.75, 3.05) is 12.4 Å². The van der Waals surface area contributed by atoms with Crippen LogP contribution in [0.1, 0.15) is 36.0 Å². The summed E-state index contributed by atoms with van der Waals surface area (Å²) in [5.74, 6) is -4.32. The zero-order chi connectivity index (χ0) is 32.4. The molecule has 3 aromatic rings. The summed E-state index contributed by atoms with van der Waals surface area (Å²) >= 11 is 1.28. The van der Waals surface area contributed by atoms with Crippen molar-refractivity contribution in [1.82, 2.24) is 15.5 Å². The van der Waals surface area contributed by atoms with Gasteiger partial charge in [-0.1, -0.05) is 78.9 Å². The second-order valence-electron chi connectivity index (χ2n) is 11.5. The van der Waals surface area contributed by atoms with E-state index in [1.165, 1.54) is 23.6 Å². The van der Waals surface area contributed by atoms with Gasteiger partial charge in [0.15, 0.2) is 0 Å². The van der Waals surface area contributed by atoms with Gasteiger partial charge in [-0.15, -0.1) is 11.8 Å². The number of fused-ring (bicyclic) bond motifs is 4. The van der Waals surface area contributed by atoms with E-state index >= 15 is 0 Å². The number of benzene rings is 3. The standard InChI is InChI=1S/C34H33N3O8S/c1-19(35-34(43)45-17-26-23-13-7-5-11-21(23)22-12-6-8-14-24(22)26)30(38)36-29-25(33(42)44-16-20-9-3-2-4-10-20)15-28-37(31(29)39)27(18-46-28)32(40)41/h2-14,19,25-29H,15-18H2,1H3,(H,35,43)(H,36,38)(H,40,41)/t19-,25?,27?,28?,29?/m0/s1. The minimum Gasteiger partial charge on any atom is -0.480 e. The van der Waals surface area contributed by atoms with Gasteiger partial charge in [0, 0.05) is 11.7 Å². The van der Waals surface area contributed by atoms with Crippen molar-refractivity contribution in [2.45, 2.75) is 49.4 Å². The third-order valence-electron chi connectivity index (χ3n) is 8.65. The lowest BCUT2D eigenvalue weighted by Gasteiger charge is -2.40. The molecule has 3 amide bonds. The number of nitrogens with zero attached hydrogens (tertiary/aromatic N) is 1. The molecule has 5 atom stereocenters. The Morgan fingerprint density at radius 2 is 1.57 bits per heavy atom. The van der Waals surface area contributed by atoms with Crippen molar-refractivity contribution in [3.63, 3.8) is 0 Å². The number of amides is 3. The molecule has 2 fully saturated rings. The third kappa shape index (κ3) is 6.17. The summed E-state index contributed by atoms with van der Waals surface area (Å²) in [6, 6.07) is 21.3. The van der Waals surface area contributed by atoms with Gasteiger partial charge in [-0.25, -0.2) is 9.59 Å². The van der Waals surface area contributed by atoms with Crippen LogP contribution in [0.5, 0.6) is 0 Å². The molecule has 0 spiro atoms. The number of hydrogen-bond donors (Lipinski definition) is 3. The zero-order valence-corrected chi connectivity index (χ0v) is 25.8. The van der Waals surface area contributed by atoms with Crippen molar-refractivity contribution < 1.29 is 38.6 Å². The number of aliphatic carboxylic acids is 1. The molecule has 6 rings (SSSR count). The number of ether oxygens (including phenoxy) is 2. The smallest absolute Gasteiger partial charge is 0.407 e. The summed E-state index contributed by atoms with van der Waals surface area (Å²) in [4.78, 5) is 66.2. The van der Waals surface area contributed by atoms with Crippen LogP contribution < -0.4 is 10.6 Å². The average Bonchev–Trinajstić information content (AvgIpc) is 3.64. The molecule has 0 aromatic heterocycles. The van der Waals surface area contributed by atoms with Gasteiger partial charge in [0.25, 0.3) is 0 Å². The van der Waals surface area contributed by atoms with Crippen molar-refractivity contribution in [2.24, 2.45) is 5.92 Å². The summed E-state index contributed by atoms with van der Waals surface area (Å²) in [5, 5.41) is 14.3. The lowest BCUT2D eigenvalue weighted by atomic mass is 9.89. The summed E-state index contributed by atoms with van der Waals surface area (Å²) < 4.78 is 11.1. The molecule has 0 radical (unpaired) electrons. The molecule has 2 saturated heterocycles. The first-order valence-corrected chi connectivity index (χ1v) is 16.1. The first kappa shape index (κ1) is 31.2. The van der Waals surface area contributed by atoms with Crippen LogP contribution >= 0.6 is 11.8 Å². The molecule has 46 heavy (non-hydrogen) atoms. The van der Waals surface area contributed by atoms with E-state index in [0.29, 0.717) is 0 Å². The number of carbonyl (C=O) groups is 5. The van der Waals surface area contributed by atoms with Crippen LogP contribution in [-0.4, -0.2) is 75.7 Å². The highest BCUT2D eigenvalue weighted by atomic mass is 32.2. The molecule has 4 unspecified atom stereocenters. The lowest BCUT2D eigenvalue weighted by molar-refractivity contribution is -0.162. The van der Waals surface area contributed by atoms with E-state index in [4.69, 9.17) is 9.47 Å². The molecular formula is C34H33N3O8S. The molecule has 238 valence electrons. The maximum atomic E-state index is 13.7. The number of nitrogens with one attached hydrogen (secondary N) is 2.